The summed E-state index contributed by atoms with van der Waals surface area (Å²) in [5, 5.41) is 5.27. The van der Waals surface area contributed by atoms with Crippen LogP contribution in [-0.4, -0.2) is 42.6 Å². The lowest BCUT2D eigenvalue weighted by atomic mass is 10.1. The smallest absolute Gasteiger partial charge is 0.337 e. The van der Waals surface area contributed by atoms with Crippen LogP contribution in [0, 0.1) is 0 Å². The van der Waals surface area contributed by atoms with Crippen LogP contribution in [0.2, 0.25) is 0 Å². The lowest BCUT2D eigenvalue weighted by molar-refractivity contribution is 0.0600. The van der Waals surface area contributed by atoms with Crippen molar-refractivity contribution >= 4 is 17.8 Å². The van der Waals surface area contributed by atoms with Crippen LogP contribution in [0.1, 0.15) is 49.5 Å². The standard InChI is InChI=1S/C20H21N3O5/c1-21-18(25)16-9-14(17(24)22-15-6-7-15)11-23(19(16)26)10-12-4-3-5-13(8-12)20(27)28-2/h3-5,8-9,11,15H,6-7,10H2,1-2H3,(H,21,25)(H,22,24). The Hall–Kier alpha value is -3.42. The van der Waals surface area contributed by atoms with Crippen LogP contribution in [0.4, 0.5) is 0 Å². The van der Waals surface area contributed by atoms with Crippen molar-refractivity contribution in [1.29, 1.82) is 0 Å². The third-order valence-corrected chi connectivity index (χ3v) is 4.43. The van der Waals surface area contributed by atoms with Gasteiger partial charge in [-0.05, 0) is 36.6 Å². The number of hydrogen-bond acceptors (Lipinski definition) is 5. The number of methoxy groups -OCH3 is 1. The van der Waals surface area contributed by atoms with E-state index in [0.717, 1.165) is 12.8 Å². The van der Waals surface area contributed by atoms with E-state index in [1.807, 2.05) is 0 Å². The molecule has 0 saturated heterocycles. The number of ether oxygens (including phenoxy) is 1. The Morgan fingerprint density at radius 2 is 1.89 bits per heavy atom. The van der Waals surface area contributed by atoms with Crippen molar-refractivity contribution in [3.8, 4) is 0 Å². The predicted molar refractivity (Wildman–Crippen MR) is 101 cm³/mol. The fraction of sp³-hybridized carbons (Fsp3) is 0.300. The SMILES string of the molecule is CNC(=O)c1cc(C(=O)NC2CC2)cn(Cc2cccc(C(=O)OC)c2)c1=O. The van der Waals surface area contributed by atoms with Crippen LogP contribution < -0.4 is 16.2 Å². The highest BCUT2D eigenvalue weighted by Crippen LogP contribution is 2.19. The highest BCUT2D eigenvalue weighted by atomic mass is 16.5. The van der Waals surface area contributed by atoms with E-state index in [1.165, 1.54) is 31.0 Å². The van der Waals surface area contributed by atoms with E-state index >= 15 is 0 Å². The number of aromatic nitrogens is 1. The second-order valence-corrected chi connectivity index (χ2v) is 6.59. The first-order valence-electron chi connectivity index (χ1n) is 8.87. The van der Waals surface area contributed by atoms with Gasteiger partial charge >= 0.3 is 5.97 Å². The van der Waals surface area contributed by atoms with E-state index in [9.17, 15) is 19.2 Å². The Kier molecular flexibility index (Phi) is 5.58. The third-order valence-electron chi connectivity index (χ3n) is 4.43. The molecule has 2 amide bonds. The summed E-state index contributed by atoms with van der Waals surface area (Å²) in [6.07, 6.45) is 3.28. The average molecular weight is 383 g/mol. The maximum absolute atomic E-state index is 12.7. The molecule has 0 unspecified atom stereocenters. The summed E-state index contributed by atoms with van der Waals surface area (Å²) in [5.74, 6) is -1.38. The Bertz CT molecular complexity index is 992. The number of carbonyl (C=O) groups is 3. The van der Waals surface area contributed by atoms with E-state index in [-0.39, 0.29) is 29.6 Å². The quantitative estimate of drug-likeness (QED) is 0.722. The van der Waals surface area contributed by atoms with Gasteiger partial charge in [0, 0.05) is 19.3 Å². The van der Waals surface area contributed by atoms with Crippen molar-refractivity contribution < 1.29 is 19.1 Å². The second kappa shape index (κ2) is 8.08. The lowest BCUT2D eigenvalue weighted by Gasteiger charge is -2.12. The molecule has 1 fully saturated rings. The van der Waals surface area contributed by atoms with Crippen LogP contribution in [0.15, 0.2) is 41.3 Å². The molecule has 0 spiro atoms. The molecule has 146 valence electrons. The Morgan fingerprint density at radius 3 is 2.54 bits per heavy atom. The summed E-state index contributed by atoms with van der Waals surface area (Å²) >= 11 is 0. The fourth-order valence-corrected chi connectivity index (χ4v) is 2.78. The molecule has 0 bridgehead atoms. The summed E-state index contributed by atoms with van der Waals surface area (Å²) in [6.45, 7) is 0.0954. The number of amides is 2. The van der Waals surface area contributed by atoms with E-state index in [0.29, 0.717) is 11.1 Å². The number of carbonyl (C=O) groups excluding carboxylic acids is 3. The summed E-state index contributed by atoms with van der Waals surface area (Å²) in [6, 6.07) is 8.08. The molecule has 1 saturated carbocycles. The van der Waals surface area contributed by atoms with E-state index in [4.69, 9.17) is 4.74 Å². The van der Waals surface area contributed by atoms with Crippen molar-refractivity contribution in [2.24, 2.45) is 0 Å². The number of rotatable bonds is 6. The van der Waals surface area contributed by atoms with Crippen LogP contribution >= 0.6 is 0 Å². The molecule has 28 heavy (non-hydrogen) atoms. The minimum Gasteiger partial charge on any atom is -0.465 e. The van der Waals surface area contributed by atoms with Crippen molar-refractivity contribution in [2.75, 3.05) is 14.2 Å². The highest BCUT2D eigenvalue weighted by molar-refractivity contribution is 5.99. The first-order valence-corrected chi connectivity index (χ1v) is 8.87. The van der Waals surface area contributed by atoms with Gasteiger partial charge in [0.05, 0.1) is 24.8 Å². The Balaban J connectivity index is 1.99. The van der Waals surface area contributed by atoms with Crippen LogP contribution in [0.5, 0.6) is 0 Å². The molecule has 1 aliphatic rings. The molecule has 2 N–H and O–H groups in total. The molecule has 1 heterocycles. The van der Waals surface area contributed by atoms with Crippen molar-refractivity contribution in [3.63, 3.8) is 0 Å². The first-order chi connectivity index (χ1) is 13.4. The van der Waals surface area contributed by atoms with Gasteiger partial charge < -0.3 is 19.9 Å². The molecule has 1 aliphatic carbocycles. The average Bonchev–Trinajstić information content (AvgIpc) is 3.52. The molecule has 8 heteroatoms. The number of nitrogens with one attached hydrogen (secondary N) is 2. The van der Waals surface area contributed by atoms with Crippen molar-refractivity contribution in [1.82, 2.24) is 15.2 Å². The minimum atomic E-state index is -0.567. The molecule has 2 aromatic rings. The fourth-order valence-electron chi connectivity index (χ4n) is 2.78. The molecule has 0 atom stereocenters. The zero-order chi connectivity index (χ0) is 20.3. The summed E-state index contributed by atoms with van der Waals surface area (Å²) < 4.78 is 6.00. The van der Waals surface area contributed by atoms with Gasteiger partial charge in [-0.1, -0.05) is 12.1 Å². The highest BCUT2D eigenvalue weighted by Gasteiger charge is 2.25. The Morgan fingerprint density at radius 1 is 1.14 bits per heavy atom. The van der Waals surface area contributed by atoms with Gasteiger partial charge in [-0.15, -0.1) is 0 Å². The topological polar surface area (TPSA) is 106 Å². The molecule has 3 rings (SSSR count). The number of benzene rings is 1. The zero-order valence-electron chi connectivity index (χ0n) is 15.7. The van der Waals surface area contributed by atoms with E-state index in [1.54, 1.807) is 24.3 Å². The normalized spacial score (nSPS) is 12.9. The van der Waals surface area contributed by atoms with Crippen LogP contribution in [0.25, 0.3) is 0 Å². The number of pyridine rings is 1. The summed E-state index contributed by atoms with van der Waals surface area (Å²) in [7, 11) is 2.71. The maximum atomic E-state index is 12.7. The third kappa shape index (κ3) is 4.28. The van der Waals surface area contributed by atoms with Crippen molar-refractivity contribution in [2.45, 2.75) is 25.4 Å². The maximum Gasteiger partial charge on any atom is 0.337 e. The lowest BCUT2D eigenvalue weighted by Crippen LogP contribution is -2.34. The predicted octanol–water partition coefficient (Wildman–Crippen LogP) is 0.935. The van der Waals surface area contributed by atoms with Gasteiger partial charge in [-0.25, -0.2) is 4.79 Å². The molecular formula is C20H21N3O5. The molecule has 1 aromatic carbocycles. The second-order valence-electron chi connectivity index (χ2n) is 6.59. The largest absolute Gasteiger partial charge is 0.465 e. The van der Waals surface area contributed by atoms with Gasteiger partial charge in [-0.2, -0.15) is 0 Å². The monoisotopic (exact) mass is 383 g/mol. The van der Waals surface area contributed by atoms with E-state index < -0.39 is 17.4 Å². The molecule has 8 nitrogen and oxygen atoms in total. The molecular weight excluding hydrogens is 362 g/mol. The summed E-state index contributed by atoms with van der Waals surface area (Å²) in [4.78, 5) is 49.0. The molecule has 0 aliphatic heterocycles. The van der Waals surface area contributed by atoms with Crippen LogP contribution in [-0.2, 0) is 11.3 Å². The number of nitrogens with zero attached hydrogens (tertiary/aromatic N) is 1. The molecule has 1 aromatic heterocycles. The number of hydrogen-bond donors (Lipinski definition) is 2. The van der Waals surface area contributed by atoms with Gasteiger partial charge in [0.15, 0.2) is 0 Å². The van der Waals surface area contributed by atoms with Crippen LogP contribution in [0.3, 0.4) is 0 Å². The Labute approximate surface area is 161 Å². The van der Waals surface area contributed by atoms with Gasteiger partial charge in [-0.3, -0.25) is 14.4 Å². The molecule has 0 radical (unpaired) electrons. The minimum absolute atomic E-state index is 0.0954. The van der Waals surface area contributed by atoms with Crippen molar-refractivity contribution in [3.05, 3.63) is 69.1 Å². The van der Waals surface area contributed by atoms with E-state index in [2.05, 4.69) is 10.6 Å². The van der Waals surface area contributed by atoms with Gasteiger partial charge in [0.1, 0.15) is 5.56 Å². The zero-order valence-corrected chi connectivity index (χ0v) is 15.7. The summed E-state index contributed by atoms with van der Waals surface area (Å²) in [5.41, 5.74) is 0.602. The van der Waals surface area contributed by atoms with Gasteiger partial charge in [0.25, 0.3) is 17.4 Å². The number of esters is 1. The first kappa shape index (κ1) is 19.3. The van der Waals surface area contributed by atoms with Gasteiger partial charge in [0.2, 0.25) is 0 Å².